The quantitative estimate of drug-likeness (QED) is 0.372. The van der Waals surface area contributed by atoms with Gasteiger partial charge in [0, 0.05) is 18.2 Å². The third kappa shape index (κ3) is 2.79. The van der Waals surface area contributed by atoms with E-state index in [2.05, 4.69) is 4.74 Å². The standard InChI is InChI=1S/C14H13FN4O2/c15-11-5-9(1-2-12(11)17)14-10(3-4-21-8-20)7-19(18)13(14)6-16/h1-2,5,7-8H,3-4,17-18H2. The van der Waals surface area contributed by atoms with Crippen LogP contribution in [-0.2, 0) is 16.0 Å². The maximum atomic E-state index is 13.6. The van der Waals surface area contributed by atoms with E-state index >= 15 is 0 Å². The zero-order valence-electron chi connectivity index (χ0n) is 11.0. The molecule has 4 N–H and O–H groups in total. The molecule has 0 amide bonds. The smallest absolute Gasteiger partial charge is 0.293 e. The van der Waals surface area contributed by atoms with Crippen LogP contribution in [0.5, 0.6) is 0 Å². The number of carbonyl (C=O) groups excluding carboxylic acids is 1. The van der Waals surface area contributed by atoms with Crippen molar-refractivity contribution in [2.45, 2.75) is 6.42 Å². The van der Waals surface area contributed by atoms with Gasteiger partial charge in [-0.15, -0.1) is 0 Å². The van der Waals surface area contributed by atoms with Gasteiger partial charge in [0.1, 0.15) is 17.6 Å². The first-order chi connectivity index (χ1) is 10.1. The Morgan fingerprint density at radius 3 is 2.86 bits per heavy atom. The number of aromatic nitrogens is 1. The van der Waals surface area contributed by atoms with Gasteiger partial charge in [-0.25, -0.2) is 4.39 Å². The number of hydrogen-bond acceptors (Lipinski definition) is 5. The molecule has 0 saturated carbocycles. The third-order valence-electron chi connectivity index (χ3n) is 3.06. The summed E-state index contributed by atoms with van der Waals surface area (Å²) in [4.78, 5) is 10.2. The summed E-state index contributed by atoms with van der Waals surface area (Å²) in [6, 6.07) is 6.26. The third-order valence-corrected chi connectivity index (χ3v) is 3.06. The van der Waals surface area contributed by atoms with Crippen LogP contribution in [0.4, 0.5) is 10.1 Å². The van der Waals surface area contributed by atoms with Gasteiger partial charge in [0.2, 0.25) is 0 Å². The van der Waals surface area contributed by atoms with E-state index in [9.17, 15) is 14.4 Å². The second-order valence-corrected chi connectivity index (χ2v) is 4.35. The summed E-state index contributed by atoms with van der Waals surface area (Å²) in [6.45, 7) is 0.482. The van der Waals surface area contributed by atoms with Crippen LogP contribution in [-0.4, -0.2) is 17.8 Å². The monoisotopic (exact) mass is 288 g/mol. The van der Waals surface area contributed by atoms with E-state index in [1.165, 1.54) is 16.8 Å². The van der Waals surface area contributed by atoms with E-state index in [1.54, 1.807) is 12.3 Å². The van der Waals surface area contributed by atoms with E-state index < -0.39 is 5.82 Å². The van der Waals surface area contributed by atoms with Gasteiger partial charge >= 0.3 is 0 Å². The molecule has 2 aromatic rings. The normalized spacial score (nSPS) is 10.1. The van der Waals surface area contributed by atoms with Crippen LogP contribution in [0.2, 0.25) is 0 Å². The maximum absolute atomic E-state index is 13.6. The number of rotatable bonds is 5. The summed E-state index contributed by atoms with van der Waals surface area (Å²) in [7, 11) is 0. The van der Waals surface area contributed by atoms with Crippen molar-refractivity contribution in [1.82, 2.24) is 4.68 Å². The minimum absolute atomic E-state index is 0.0234. The second-order valence-electron chi connectivity index (χ2n) is 4.35. The molecule has 0 fully saturated rings. The van der Waals surface area contributed by atoms with Gasteiger partial charge < -0.3 is 16.3 Å². The van der Waals surface area contributed by atoms with Crippen molar-refractivity contribution in [3.05, 3.63) is 41.5 Å². The zero-order chi connectivity index (χ0) is 15.4. The van der Waals surface area contributed by atoms with Crippen molar-refractivity contribution < 1.29 is 13.9 Å². The lowest BCUT2D eigenvalue weighted by Crippen LogP contribution is -2.08. The van der Waals surface area contributed by atoms with Crippen LogP contribution in [0.25, 0.3) is 11.1 Å². The molecular weight excluding hydrogens is 275 g/mol. The summed E-state index contributed by atoms with van der Waals surface area (Å²) < 4.78 is 19.4. The molecule has 0 aliphatic heterocycles. The van der Waals surface area contributed by atoms with Crippen molar-refractivity contribution in [3.63, 3.8) is 0 Å². The van der Waals surface area contributed by atoms with Gasteiger partial charge in [0.15, 0.2) is 0 Å². The van der Waals surface area contributed by atoms with Crippen LogP contribution < -0.4 is 11.6 Å². The number of nitriles is 1. The Labute approximate surface area is 120 Å². The van der Waals surface area contributed by atoms with Crippen molar-refractivity contribution in [1.29, 1.82) is 5.26 Å². The van der Waals surface area contributed by atoms with Crippen molar-refractivity contribution in [3.8, 4) is 17.2 Å². The Morgan fingerprint density at radius 2 is 2.24 bits per heavy atom. The van der Waals surface area contributed by atoms with E-state index in [0.29, 0.717) is 29.6 Å². The van der Waals surface area contributed by atoms with Gasteiger partial charge in [-0.1, -0.05) is 6.07 Å². The van der Waals surface area contributed by atoms with Gasteiger partial charge in [-0.3, -0.25) is 9.47 Å². The average Bonchev–Trinajstić information content (AvgIpc) is 2.78. The van der Waals surface area contributed by atoms with Crippen LogP contribution in [0, 0.1) is 17.1 Å². The molecule has 0 radical (unpaired) electrons. The van der Waals surface area contributed by atoms with Crippen LogP contribution in [0.15, 0.2) is 24.4 Å². The molecular formula is C14H13FN4O2. The lowest BCUT2D eigenvalue weighted by Gasteiger charge is -2.06. The molecule has 108 valence electrons. The topological polar surface area (TPSA) is 107 Å². The van der Waals surface area contributed by atoms with Crippen molar-refractivity contribution >= 4 is 12.2 Å². The summed E-state index contributed by atoms with van der Waals surface area (Å²) in [5.41, 5.74) is 7.35. The SMILES string of the molecule is N#Cc1c(-c2ccc(N)c(F)c2)c(CCOC=O)cn1N. The number of nitrogen functional groups attached to an aromatic ring is 2. The fourth-order valence-corrected chi connectivity index (χ4v) is 2.10. The fraction of sp³-hybridized carbons (Fsp3) is 0.143. The van der Waals surface area contributed by atoms with Gasteiger partial charge in [0.05, 0.1) is 12.3 Å². The summed E-state index contributed by atoms with van der Waals surface area (Å²) in [5.74, 6) is 5.15. The van der Waals surface area contributed by atoms with Crippen molar-refractivity contribution in [2.24, 2.45) is 0 Å². The van der Waals surface area contributed by atoms with E-state index in [4.69, 9.17) is 11.6 Å². The number of carbonyl (C=O) groups is 1. The zero-order valence-corrected chi connectivity index (χ0v) is 11.0. The highest BCUT2D eigenvalue weighted by atomic mass is 19.1. The molecule has 0 bridgehead atoms. The first-order valence-corrected chi connectivity index (χ1v) is 6.08. The largest absolute Gasteiger partial charge is 0.468 e. The lowest BCUT2D eigenvalue weighted by molar-refractivity contribution is -0.128. The molecule has 0 atom stereocenters. The number of anilines is 1. The molecule has 1 aromatic carbocycles. The number of nitrogens with two attached hydrogens (primary N) is 2. The average molecular weight is 288 g/mol. The van der Waals surface area contributed by atoms with E-state index in [1.807, 2.05) is 6.07 Å². The molecule has 0 aliphatic carbocycles. The highest BCUT2D eigenvalue weighted by Gasteiger charge is 2.17. The summed E-state index contributed by atoms with van der Waals surface area (Å²) in [5, 5.41) is 9.21. The summed E-state index contributed by atoms with van der Waals surface area (Å²) >= 11 is 0. The molecule has 21 heavy (non-hydrogen) atoms. The Morgan fingerprint density at radius 1 is 1.48 bits per heavy atom. The Bertz CT molecular complexity index is 718. The number of halogens is 1. The molecule has 0 unspecified atom stereocenters. The minimum Gasteiger partial charge on any atom is -0.468 e. The highest BCUT2D eigenvalue weighted by molar-refractivity contribution is 5.74. The maximum Gasteiger partial charge on any atom is 0.293 e. The number of ether oxygens (including phenoxy) is 1. The Hall–Kier alpha value is -3.01. The van der Waals surface area contributed by atoms with Crippen LogP contribution in [0.3, 0.4) is 0 Å². The Balaban J connectivity index is 2.51. The predicted octanol–water partition coefficient (Wildman–Crippen LogP) is 1.18. The highest BCUT2D eigenvalue weighted by Crippen LogP contribution is 2.30. The number of hydrogen-bond donors (Lipinski definition) is 2. The van der Waals surface area contributed by atoms with Crippen molar-refractivity contribution in [2.75, 3.05) is 18.2 Å². The summed E-state index contributed by atoms with van der Waals surface area (Å²) in [6.07, 6.45) is 1.91. The molecule has 6 nitrogen and oxygen atoms in total. The van der Waals surface area contributed by atoms with E-state index in [0.717, 1.165) is 0 Å². The molecule has 2 rings (SSSR count). The fourth-order valence-electron chi connectivity index (χ4n) is 2.10. The Kier molecular flexibility index (Phi) is 4.09. The molecule has 1 heterocycles. The van der Waals surface area contributed by atoms with Gasteiger partial charge in [-0.05, 0) is 23.3 Å². The first-order valence-electron chi connectivity index (χ1n) is 6.08. The minimum atomic E-state index is -0.573. The van der Waals surface area contributed by atoms with Gasteiger partial charge in [-0.2, -0.15) is 5.26 Å². The lowest BCUT2D eigenvalue weighted by atomic mass is 9.99. The first kappa shape index (κ1) is 14.4. The van der Waals surface area contributed by atoms with Gasteiger partial charge in [0.25, 0.3) is 6.47 Å². The molecule has 0 spiro atoms. The van der Waals surface area contributed by atoms with Crippen LogP contribution >= 0.6 is 0 Å². The molecule has 1 aromatic heterocycles. The number of benzene rings is 1. The van der Waals surface area contributed by atoms with Crippen LogP contribution in [0.1, 0.15) is 11.3 Å². The second kappa shape index (κ2) is 5.96. The molecule has 7 heteroatoms. The number of nitrogens with zero attached hydrogens (tertiary/aromatic N) is 2. The molecule has 0 saturated heterocycles. The van der Waals surface area contributed by atoms with E-state index in [-0.39, 0.29) is 18.0 Å². The predicted molar refractivity (Wildman–Crippen MR) is 74.8 cm³/mol. The molecule has 0 aliphatic rings.